The molecule has 0 amide bonds. The first-order chi connectivity index (χ1) is 14.3. The van der Waals surface area contributed by atoms with E-state index in [0.717, 1.165) is 51.0 Å². The number of aliphatic hydroxyl groups is 2. The SMILES string of the molecule is CC(C=CC(O)C(F)(F)F)C1=CCC2C3CC=C4CC(C)(O)CCC4(C)C3CCC12C. The summed E-state index contributed by atoms with van der Waals surface area (Å²) < 4.78 is 38.1. The van der Waals surface area contributed by atoms with E-state index in [-0.39, 0.29) is 16.7 Å². The number of hydrogen-bond acceptors (Lipinski definition) is 2. The fourth-order valence-electron chi connectivity index (χ4n) is 7.60. The molecule has 2 nitrogen and oxygen atoms in total. The lowest BCUT2D eigenvalue weighted by Gasteiger charge is -2.58. The Kier molecular flexibility index (Phi) is 5.57. The van der Waals surface area contributed by atoms with Gasteiger partial charge < -0.3 is 10.2 Å². The van der Waals surface area contributed by atoms with Crippen LogP contribution in [0.5, 0.6) is 0 Å². The molecule has 0 bridgehead atoms. The molecule has 4 rings (SSSR count). The zero-order valence-electron chi connectivity index (χ0n) is 19.2. The van der Waals surface area contributed by atoms with Crippen LogP contribution in [0.4, 0.5) is 13.2 Å². The van der Waals surface area contributed by atoms with E-state index in [0.29, 0.717) is 17.8 Å². The molecule has 0 saturated heterocycles. The van der Waals surface area contributed by atoms with E-state index in [9.17, 15) is 23.4 Å². The number of alkyl halides is 3. The van der Waals surface area contributed by atoms with E-state index in [1.807, 2.05) is 13.8 Å². The van der Waals surface area contributed by atoms with Gasteiger partial charge in [0.2, 0.25) is 0 Å². The molecule has 4 aliphatic carbocycles. The summed E-state index contributed by atoms with van der Waals surface area (Å²) in [7, 11) is 0. The first-order valence-corrected chi connectivity index (χ1v) is 11.8. The minimum atomic E-state index is -4.61. The molecule has 5 heteroatoms. The lowest BCUT2D eigenvalue weighted by Crippen LogP contribution is -2.51. The summed E-state index contributed by atoms with van der Waals surface area (Å²) in [4.78, 5) is 0. The Morgan fingerprint density at radius 1 is 1.00 bits per heavy atom. The minimum absolute atomic E-state index is 0.00989. The van der Waals surface area contributed by atoms with E-state index in [2.05, 4.69) is 26.0 Å². The molecule has 8 atom stereocenters. The van der Waals surface area contributed by atoms with Gasteiger partial charge in [-0.2, -0.15) is 13.2 Å². The van der Waals surface area contributed by atoms with Crippen molar-refractivity contribution in [2.75, 3.05) is 0 Å². The fraction of sp³-hybridized carbons (Fsp3) is 0.769. The van der Waals surface area contributed by atoms with Gasteiger partial charge in [0.15, 0.2) is 6.10 Å². The monoisotopic (exact) mass is 438 g/mol. The highest BCUT2D eigenvalue weighted by molar-refractivity contribution is 5.33. The van der Waals surface area contributed by atoms with Crippen molar-refractivity contribution in [1.29, 1.82) is 0 Å². The highest BCUT2D eigenvalue weighted by Gasteiger charge is 2.57. The second-order valence-electron chi connectivity index (χ2n) is 11.4. The molecule has 31 heavy (non-hydrogen) atoms. The van der Waals surface area contributed by atoms with Crippen LogP contribution in [-0.2, 0) is 0 Å². The van der Waals surface area contributed by atoms with Crippen molar-refractivity contribution in [2.45, 2.75) is 90.5 Å². The van der Waals surface area contributed by atoms with Crippen LogP contribution in [0, 0.1) is 34.5 Å². The zero-order valence-corrected chi connectivity index (χ0v) is 19.2. The van der Waals surface area contributed by atoms with E-state index >= 15 is 0 Å². The number of halogens is 3. The van der Waals surface area contributed by atoms with Gasteiger partial charge in [-0.25, -0.2) is 0 Å². The molecule has 0 aromatic carbocycles. The van der Waals surface area contributed by atoms with Crippen LogP contribution in [0.15, 0.2) is 35.5 Å². The third-order valence-electron chi connectivity index (χ3n) is 9.43. The van der Waals surface area contributed by atoms with Crippen LogP contribution in [0.1, 0.15) is 72.6 Å². The van der Waals surface area contributed by atoms with E-state index < -0.39 is 17.9 Å². The van der Waals surface area contributed by atoms with Crippen molar-refractivity contribution in [3.63, 3.8) is 0 Å². The molecule has 0 aromatic rings. The van der Waals surface area contributed by atoms with Crippen LogP contribution in [0.3, 0.4) is 0 Å². The van der Waals surface area contributed by atoms with Crippen molar-refractivity contribution >= 4 is 0 Å². The van der Waals surface area contributed by atoms with Crippen LogP contribution in [-0.4, -0.2) is 28.1 Å². The summed E-state index contributed by atoms with van der Waals surface area (Å²) in [5, 5.41) is 20.0. The average molecular weight is 439 g/mol. The van der Waals surface area contributed by atoms with Crippen LogP contribution >= 0.6 is 0 Å². The van der Waals surface area contributed by atoms with Crippen LogP contribution < -0.4 is 0 Å². The standard InChI is InChI=1S/C26H37F3O2/c1-16(5-10-22(30)26(27,28)29)19-8-9-20-18-7-6-17-15-23(2,31)13-14-24(17,3)21(18)11-12-25(19,20)4/h5-6,8,10,16,18,20-22,30-31H,7,9,11-15H2,1-4H3. The summed E-state index contributed by atoms with van der Waals surface area (Å²) in [6, 6.07) is 0. The number of fused-ring (bicyclic) bond motifs is 5. The van der Waals surface area contributed by atoms with E-state index in [4.69, 9.17) is 0 Å². The van der Waals surface area contributed by atoms with Gasteiger partial charge in [0.1, 0.15) is 0 Å². The van der Waals surface area contributed by atoms with E-state index in [1.165, 1.54) is 17.2 Å². The van der Waals surface area contributed by atoms with Crippen molar-refractivity contribution < 1.29 is 23.4 Å². The highest BCUT2D eigenvalue weighted by Crippen LogP contribution is 2.66. The second kappa shape index (κ2) is 7.48. The smallest absolute Gasteiger partial charge is 0.390 e. The van der Waals surface area contributed by atoms with Gasteiger partial charge in [0.05, 0.1) is 5.60 Å². The molecule has 2 fully saturated rings. The quantitative estimate of drug-likeness (QED) is 0.504. The highest BCUT2D eigenvalue weighted by atomic mass is 19.4. The topological polar surface area (TPSA) is 40.5 Å². The maximum atomic E-state index is 12.7. The third-order valence-corrected chi connectivity index (χ3v) is 9.43. The van der Waals surface area contributed by atoms with Crippen LogP contribution in [0.2, 0.25) is 0 Å². The fourth-order valence-corrected chi connectivity index (χ4v) is 7.60. The predicted octanol–water partition coefficient (Wildman–Crippen LogP) is 6.35. The molecular weight excluding hydrogens is 401 g/mol. The summed E-state index contributed by atoms with van der Waals surface area (Å²) in [6.45, 7) is 8.62. The van der Waals surface area contributed by atoms with Crippen molar-refractivity contribution in [2.24, 2.45) is 34.5 Å². The zero-order chi connectivity index (χ0) is 22.8. The summed E-state index contributed by atoms with van der Waals surface area (Å²) in [6.07, 6.45) is 6.98. The van der Waals surface area contributed by atoms with Crippen LogP contribution in [0.25, 0.3) is 0 Å². The van der Waals surface area contributed by atoms with Gasteiger partial charge in [0.25, 0.3) is 0 Å². The lowest BCUT2D eigenvalue weighted by atomic mass is 9.46. The molecular formula is C26H37F3O2. The average Bonchev–Trinajstić information content (AvgIpc) is 3.02. The predicted molar refractivity (Wildman–Crippen MR) is 116 cm³/mol. The number of aliphatic hydroxyl groups excluding tert-OH is 1. The van der Waals surface area contributed by atoms with Gasteiger partial charge >= 0.3 is 6.18 Å². The largest absolute Gasteiger partial charge is 0.417 e. The molecule has 2 saturated carbocycles. The van der Waals surface area contributed by atoms with E-state index in [1.54, 1.807) is 0 Å². The Labute approximate surface area is 184 Å². The molecule has 4 aliphatic rings. The first kappa shape index (κ1) is 23.1. The number of allylic oxidation sites excluding steroid dienone is 4. The Morgan fingerprint density at radius 3 is 2.39 bits per heavy atom. The second-order valence-corrected chi connectivity index (χ2v) is 11.4. The molecule has 0 spiro atoms. The van der Waals surface area contributed by atoms with Gasteiger partial charge in [-0.3, -0.25) is 0 Å². The van der Waals surface area contributed by atoms with Crippen molar-refractivity contribution in [1.82, 2.24) is 0 Å². The molecule has 0 radical (unpaired) electrons. The molecule has 0 aliphatic heterocycles. The molecule has 8 unspecified atom stereocenters. The maximum absolute atomic E-state index is 12.7. The minimum Gasteiger partial charge on any atom is -0.390 e. The van der Waals surface area contributed by atoms with Crippen molar-refractivity contribution in [3.05, 3.63) is 35.5 Å². The third kappa shape index (κ3) is 3.84. The Balaban J connectivity index is 1.54. The Hall–Kier alpha value is -1.07. The maximum Gasteiger partial charge on any atom is 0.417 e. The Morgan fingerprint density at radius 2 is 1.71 bits per heavy atom. The Bertz CT molecular complexity index is 808. The molecule has 174 valence electrons. The van der Waals surface area contributed by atoms with Crippen molar-refractivity contribution in [3.8, 4) is 0 Å². The van der Waals surface area contributed by atoms with Gasteiger partial charge in [0, 0.05) is 0 Å². The normalized spacial score (nSPS) is 44.7. The summed E-state index contributed by atoms with van der Waals surface area (Å²) >= 11 is 0. The summed E-state index contributed by atoms with van der Waals surface area (Å²) in [5.41, 5.74) is 2.27. The molecule has 0 heterocycles. The lowest BCUT2D eigenvalue weighted by molar-refractivity contribution is -0.187. The van der Waals surface area contributed by atoms with Gasteiger partial charge in [-0.05, 0) is 86.4 Å². The molecule has 0 aromatic heterocycles. The number of hydrogen-bond donors (Lipinski definition) is 2. The first-order valence-electron chi connectivity index (χ1n) is 11.8. The summed E-state index contributed by atoms with van der Waals surface area (Å²) in [5.74, 6) is 1.61. The molecule has 2 N–H and O–H groups in total. The van der Waals surface area contributed by atoms with Gasteiger partial charge in [-0.1, -0.05) is 56.2 Å². The number of rotatable bonds is 3. The van der Waals surface area contributed by atoms with Gasteiger partial charge in [-0.15, -0.1) is 0 Å².